The predicted molar refractivity (Wildman–Crippen MR) is 104 cm³/mol. The number of rotatable bonds is 4. The number of hydrogen-bond acceptors (Lipinski definition) is 4. The van der Waals surface area contributed by atoms with Gasteiger partial charge in [-0.3, -0.25) is 9.59 Å². The molecule has 1 aliphatic carbocycles. The van der Waals surface area contributed by atoms with Crippen molar-refractivity contribution < 1.29 is 14.0 Å². The number of nitrogens with zero attached hydrogens (tertiary/aromatic N) is 2. The molecule has 2 aliphatic rings. The molecular weight excluding hydrogens is 356 g/mol. The third-order valence-corrected chi connectivity index (χ3v) is 5.61. The molecule has 2 amide bonds. The van der Waals surface area contributed by atoms with Crippen LogP contribution in [0.2, 0.25) is 0 Å². The standard InChI is InChI=1S/C21H22N4O3/c26-20(13-7-9-25(10-8-13)21(27)14-3-4-14)22-15-5-6-16-17(12-15)24-19(23-16)18-2-1-11-28-18/h1-2,5-6,11-14H,3-4,7-10H2,(H,22,26)(H,23,24). The minimum absolute atomic E-state index is 0.0173. The van der Waals surface area contributed by atoms with Crippen LogP contribution in [0, 0.1) is 11.8 Å². The maximum absolute atomic E-state index is 12.7. The van der Waals surface area contributed by atoms with E-state index >= 15 is 0 Å². The second-order valence-electron chi connectivity index (χ2n) is 7.66. The van der Waals surface area contributed by atoms with E-state index in [2.05, 4.69) is 15.3 Å². The van der Waals surface area contributed by atoms with E-state index < -0.39 is 0 Å². The van der Waals surface area contributed by atoms with Crippen LogP contribution < -0.4 is 5.32 Å². The Morgan fingerprint density at radius 1 is 1.11 bits per heavy atom. The number of hydrogen-bond donors (Lipinski definition) is 2. The van der Waals surface area contributed by atoms with Crippen molar-refractivity contribution >= 4 is 28.5 Å². The van der Waals surface area contributed by atoms with Crippen molar-refractivity contribution in [1.29, 1.82) is 0 Å². The molecule has 1 aliphatic heterocycles. The van der Waals surface area contributed by atoms with E-state index in [0.717, 1.165) is 42.4 Å². The SMILES string of the molecule is O=C(Nc1ccc2nc(-c3ccco3)[nH]c2c1)C1CCN(C(=O)C2CC2)CC1. The van der Waals surface area contributed by atoms with Crippen LogP contribution in [-0.2, 0) is 9.59 Å². The molecule has 2 fully saturated rings. The number of piperidine rings is 1. The topological polar surface area (TPSA) is 91.2 Å². The van der Waals surface area contributed by atoms with Gasteiger partial charge in [-0.2, -0.15) is 0 Å². The van der Waals surface area contributed by atoms with Gasteiger partial charge in [0.2, 0.25) is 11.8 Å². The van der Waals surface area contributed by atoms with Crippen molar-refractivity contribution in [2.75, 3.05) is 18.4 Å². The molecule has 1 aromatic carbocycles. The lowest BCUT2D eigenvalue weighted by atomic mass is 9.95. The first-order chi connectivity index (χ1) is 13.7. The Labute approximate surface area is 162 Å². The molecule has 2 N–H and O–H groups in total. The minimum atomic E-state index is -0.0561. The number of H-pyrrole nitrogens is 1. The van der Waals surface area contributed by atoms with Gasteiger partial charge in [0.1, 0.15) is 0 Å². The van der Waals surface area contributed by atoms with Gasteiger partial charge >= 0.3 is 0 Å². The predicted octanol–water partition coefficient (Wildman–Crippen LogP) is 3.41. The zero-order valence-electron chi connectivity index (χ0n) is 15.5. The lowest BCUT2D eigenvalue weighted by molar-refractivity contribution is -0.135. The number of imidazole rings is 1. The van der Waals surface area contributed by atoms with Crippen LogP contribution in [0.25, 0.3) is 22.6 Å². The van der Waals surface area contributed by atoms with E-state index in [1.54, 1.807) is 6.26 Å². The summed E-state index contributed by atoms with van der Waals surface area (Å²) in [4.78, 5) is 34.5. The first-order valence-electron chi connectivity index (χ1n) is 9.81. The molecule has 2 aromatic heterocycles. The molecule has 1 saturated heterocycles. The van der Waals surface area contributed by atoms with Gasteiger partial charge in [-0.25, -0.2) is 4.98 Å². The number of fused-ring (bicyclic) bond motifs is 1. The van der Waals surface area contributed by atoms with Crippen LogP contribution in [0.5, 0.6) is 0 Å². The van der Waals surface area contributed by atoms with Crippen molar-refractivity contribution in [3.63, 3.8) is 0 Å². The minimum Gasteiger partial charge on any atom is -0.461 e. The summed E-state index contributed by atoms with van der Waals surface area (Å²) < 4.78 is 5.38. The number of aromatic amines is 1. The van der Waals surface area contributed by atoms with Crippen molar-refractivity contribution in [1.82, 2.24) is 14.9 Å². The van der Waals surface area contributed by atoms with Crippen LogP contribution in [0.1, 0.15) is 25.7 Å². The Hall–Kier alpha value is -3.09. The third kappa shape index (κ3) is 3.28. The second-order valence-corrected chi connectivity index (χ2v) is 7.66. The van der Waals surface area contributed by atoms with E-state index in [4.69, 9.17) is 4.42 Å². The van der Waals surface area contributed by atoms with Crippen molar-refractivity contribution in [3.05, 3.63) is 36.6 Å². The Bertz CT molecular complexity index is 1010. The van der Waals surface area contributed by atoms with Gasteiger partial charge < -0.3 is 19.6 Å². The van der Waals surface area contributed by atoms with E-state index in [0.29, 0.717) is 24.7 Å². The summed E-state index contributed by atoms with van der Waals surface area (Å²) in [6, 6.07) is 9.29. The molecular formula is C21H22N4O3. The van der Waals surface area contributed by atoms with Crippen LogP contribution in [-0.4, -0.2) is 39.8 Å². The van der Waals surface area contributed by atoms with Crippen LogP contribution in [0.15, 0.2) is 41.0 Å². The van der Waals surface area contributed by atoms with Gasteiger partial charge in [0.15, 0.2) is 11.6 Å². The molecule has 3 heterocycles. The highest BCUT2D eigenvalue weighted by Gasteiger charge is 2.35. The quantitative estimate of drug-likeness (QED) is 0.728. The number of anilines is 1. The normalized spacial score (nSPS) is 17.8. The highest BCUT2D eigenvalue weighted by Crippen LogP contribution is 2.32. The summed E-state index contributed by atoms with van der Waals surface area (Å²) in [5.74, 6) is 1.82. The number of likely N-dealkylation sites (tertiary alicyclic amines) is 1. The number of carbonyl (C=O) groups is 2. The fourth-order valence-corrected chi connectivity index (χ4v) is 3.81. The van der Waals surface area contributed by atoms with E-state index in [9.17, 15) is 9.59 Å². The van der Waals surface area contributed by atoms with Gasteiger partial charge in [0, 0.05) is 30.6 Å². The molecule has 28 heavy (non-hydrogen) atoms. The monoisotopic (exact) mass is 378 g/mol. The molecule has 0 bridgehead atoms. The molecule has 7 heteroatoms. The second kappa shape index (κ2) is 6.82. The summed E-state index contributed by atoms with van der Waals surface area (Å²) in [7, 11) is 0. The van der Waals surface area contributed by atoms with E-state index in [1.165, 1.54) is 0 Å². The number of amides is 2. The molecule has 1 saturated carbocycles. The zero-order chi connectivity index (χ0) is 19.1. The fraction of sp³-hybridized carbons (Fsp3) is 0.381. The molecule has 0 spiro atoms. The van der Waals surface area contributed by atoms with Gasteiger partial charge in [0.05, 0.1) is 17.3 Å². The Balaban J connectivity index is 1.23. The van der Waals surface area contributed by atoms with Crippen LogP contribution >= 0.6 is 0 Å². The average molecular weight is 378 g/mol. The number of aromatic nitrogens is 2. The summed E-state index contributed by atoms with van der Waals surface area (Å²) in [6.45, 7) is 1.36. The molecule has 5 rings (SSSR count). The first kappa shape index (κ1) is 17.0. The smallest absolute Gasteiger partial charge is 0.227 e. The first-order valence-corrected chi connectivity index (χ1v) is 9.81. The zero-order valence-corrected chi connectivity index (χ0v) is 15.5. The largest absolute Gasteiger partial charge is 0.461 e. The van der Waals surface area contributed by atoms with E-state index in [-0.39, 0.29) is 23.7 Å². The van der Waals surface area contributed by atoms with Crippen LogP contribution in [0.3, 0.4) is 0 Å². The van der Waals surface area contributed by atoms with Gasteiger partial charge in [-0.15, -0.1) is 0 Å². The lowest BCUT2D eigenvalue weighted by Gasteiger charge is -2.31. The van der Waals surface area contributed by atoms with Gasteiger partial charge in [-0.1, -0.05) is 0 Å². The lowest BCUT2D eigenvalue weighted by Crippen LogP contribution is -2.42. The molecule has 3 aromatic rings. The van der Waals surface area contributed by atoms with Crippen molar-refractivity contribution in [2.24, 2.45) is 11.8 Å². The highest BCUT2D eigenvalue weighted by atomic mass is 16.3. The van der Waals surface area contributed by atoms with Gasteiger partial charge in [0.25, 0.3) is 0 Å². The fourth-order valence-electron chi connectivity index (χ4n) is 3.81. The maximum atomic E-state index is 12.7. The Kier molecular flexibility index (Phi) is 4.15. The molecule has 0 unspecified atom stereocenters. The molecule has 0 atom stereocenters. The summed E-state index contributed by atoms with van der Waals surface area (Å²) in [6.07, 6.45) is 5.10. The number of furan rings is 1. The molecule has 7 nitrogen and oxygen atoms in total. The van der Waals surface area contributed by atoms with E-state index in [1.807, 2.05) is 35.2 Å². The number of nitrogens with one attached hydrogen (secondary N) is 2. The highest BCUT2D eigenvalue weighted by molar-refractivity contribution is 5.95. The molecule has 144 valence electrons. The number of benzene rings is 1. The van der Waals surface area contributed by atoms with Crippen LogP contribution in [0.4, 0.5) is 5.69 Å². The Morgan fingerprint density at radius 2 is 1.93 bits per heavy atom. The average Bonchev–Trinajstić information content (AvgIpc) is 3.25. The van der Waals surface area contributed by atoms with Crippen molar-refractivity contribution in [2.45, 2.75) is 25.7 Å². The van der Waals surface area contributed by atoms with Crippen molar-refractivity contribution in [3.8, 4) is 11.6 Å². The maximum Gasteiger partial charge on any atom is 0.227 e. The van der Waals surface area contributed by atoms with Gasteiger partial charge in [-0.05, 0) is 56.0 Å². The molecule has 0 radical (unpaired) electrons. The summed E-state index contributed by atoms with van der Waals surface area (Å²) in [5.41, 5.74) is 2.40. The summed E-state index contributed by atoms with van der Waals surface area (Å²) in [5, 5.41) is 3.01. The summed E-state index contributed by atoms with van der Waals surface area (Å²) >= 11 is 0. The third-order valence-electron chi connectivity index (χ3n) is 5.61. The Morgan fingerprint density at radius 3 is 2.64 bits per heavy atom. The number of carbonyl (C=O) groups excluding carboxylic acids is 2.